The highest BCUT2D eigenvalue weighted by Crippen LogP contribution is 2.27. The maximum atomic E-state index is 12.0. The van der Waals surface area contributed by atoms with Crippen molar-refractivity contribution < 1.29 is 14.6 Å². The number of ether oxygens (including phenoxy) is 1. The molecule has 4 nitrogen and oxygen atoms in total. The van der Waals surface area contributed by atoms with Crippen molar-refractivity contribution in [3.63, 3.8) is 0 Å². The molecule has 0 aliphatic carbocycles. The van der Waals surface area contributed by atoms with E-state index in [2.05, 4.69) is 5.32 Å². The summed E-state index contributed by atoms with van der Waals surface area (Å²) in [7, 11) is 0. The average Bonchev–Trinajstić information content (AvgIpc) is 2.44. The Balaban J connectivity index is 2.13. The van der Waals surface area contributed by atoms with Crippen LogP contribution in [0.1, 0.15) is 17.3 Å². The number of benzene rings is 2. The van der Waals surface area contributed by atoms with Crippen molar-refractivity contribution in [2.24, 2.45) is 0 Å². The van der Waals surface area contributed by atoms with Gasteiger partial charge in [0.15, 0.2) is 0 Å². The zero-order valence-electron chi connectivity index (χ0n) is 10.9. The van der Waals surface area contributed by atoms with Gasteiger partial charge >= 0.3 is 0 Å². The zero-order valence-corrected chi connectivity index (χ0v) is 11.6. The predicted octanol–water partition coefficient (Wildman–Crippen LogP) is 3.70. The van der Waals surface area contributed by atoms with E-state index in [-0.39, 0.29) is 17.3 Å². The third kappa shape index (κ3) is 3.42. The van der Waals surface area contributed by atoms with Crippen LogP contribution in [0.25, 0.3) is 0 Å². The third-order valence-electron chi connectivity index (χ3n) is 2.63. The van der Waals surface area contributed by atoms with Gasteiger partial charge in [-0.2, -0.15) is 0 Å². The molecule has 2 aromatic carbocycles. The van der Waals surface area contributed by atoms with Crippen molar-refractivity contribution in [2.45, 2.75) is 6.92 Å². The minimum absolute atomic E-state index is 0.0336. The van der Waals surface area contributed by atoms with Crippen LogP contribution in [-0.2, 0) is 0 Å². The molecule has 0 fully saturated rings. The van der Waals surface area contributed by atoms with Crippen LogP contribution in [0, 0.1) is 0 Å². The first-order valence-electron chi connectivity index (χ1n) is 6.13. The van der Waals surface area contributed by atoms with Crippen molar-refractivity contribution in [3.05, 3.63) is 53.1 Å². The van der Waals surface area contributed by atoms with Crippen LogP contribution in [0.3, 0.4) is 0 Å². The lowest BCUT2D eigenvalue weighted by molar-refractivity contribution is 0.102. The van der Waals surface area contributed by atoms with Gasteiger partial charge in [0.1, 0.15) is 11.5 Å². The molecule has 2 N–H and O–H groups in total. The predicted molar refractivity (Wildman–Crippen MR) is 78.7 cm³/mol. The lowest BCUT2D eigenvalue weighted by Crippen LogP contribution is -2.11. The number of rotatable bonds is 4. The molecule has 1 amide bonds. The van der Waals surface area contributed by atoms with Crippen LogP contribution in [0.4, 0.5) is 5.69 Å². The maximum Gasteiger partial charge on any atom is 0.255 e. The van der Waals surface area contributed by atoms with Gasteiger partial charge in [-0.15, -0.1) is 0 Å². The van der Waals surface area contributed by atoms with Crippen LogP contribution < -0.4 is 10.1 Å². The van der Waals surface area contributed by atoms with E-state index in [1.807, 2.05) is 6.92 Å². The highest BCUT2D eigenvalue weighted by Gasteiger charge is 2.09. The quantitative estimate of drug-likeness (QED) is 0.845. The summed E-state index contributed by atoms with van der Waals surface area (Å²) in [5.41, 5.74) is 0.740. The number of anilines is 1. The topological polar surface area (TPSA) is 58.6 Å². The summed E-state index contributed by atoms with van der Waals surface area (Å²) in [4.78, 5) is 12.0. The number of amides is 1. The Morgan fingerprint density at radius 2 is 1.95 bits per heavy atom. The number of carbonyl (C=O) groups excluding carboxylic acids is 1. The fourth-order valence-electron chi connectivity index (χ4n) is 1.67. The smallest absolute Gasteiger partial charge is 0.255 e. The van der Waals surface area contributed by atoms with Crippen molar-refractivity contribution in [2.75, 3.05) is 11.9 Å². The molecule has 0 aliphatic rings. The molecule has 0 unspecified atom stereocenters. The molecule has 0 radical (unpaired) electrons. The number of phenols is 1. The van der Waals surface area contributed by atoms with Gasteiger partial charge in [-0.1, -0.05) is 11.6 Å². The molecule has 20 heavy (non-hydrogen) atoms. The molecular formula is C15H14ClNO3. The normalized spacial score (nSPS) is 10.1. The first-order chi connectivity index (χ1) is 9.60. The first kappa shape index (κ1) is 14.2. The molecule has 2 aromatic rings. The number of hydrogen-bond donors (Lipinski definition) is 2. The van der Waals surface area contributed by atoms with Gasteiger partial charge in [-0.3, -0.25) is 4.79 Å². The zero-order chi connectivity index (χ0) is 14.5. The Morgan fingerprint density at radius 3 is 2.60 bits per heavy atom. The Labute approximate surface area is 122 Å². The van der Waals surface area contributed by atoms with E-state index < -0.39 is 0 Å². The van der Waals surface area contributed by atoms with E-state index in [0.29, 0.717) is 22.9 Å². The largest absolute Gasteiger partial charge is 0.506 e. The number of phenolic OH excluding ortho intramolecular Hbond substituents is 1. The van der Waals surface area contributed by atoms with Gasteiger partial charge in [0.25, 0.3) is 5.91 Å². The van der Waals surface area contributed by atoms with E-state index in [1.54, 1.807) is 30.3 Å². The van der Waals surface area contributed by atoms with E-state index in [4.69, 9.17) is 16.3 Å². The maximum absolute atomic E-state index is 12.0. The Morgan fingerprint density at radius 1 is 1.25 bits per heavy atom. The summed E-state index contributed by atoms with van der Waals surface area (Å²) in [6.45, 7) is 2.46. The lowest BCUT2D eigenvalue weighted by atomic mass is 10.2. The monoisotopic (exact) mass is 291 g/mol. The Bertz CT molecular complexity index is 611. The number of hydrogen-bond acceptors (Lipinski definition) is 3. The molecule has 0 atom stereocenters. The summed E-state index contributed by atoms with van der Waals surface area (Å²) in [6.07, 6.45) is 0. The molecule has 5 heteroatoms. The van der Waals surface area contributed by atoms with Crippen LogP contribution in [0.5, 0.6) is 11.5 Å². The molecule has 0 aromatic heterocycles. The molecule has 0 aliphatic heterocycles. The minimum atomic E-state index is -0.328. The number of aromatic hydroxyl groups is 1. The second-order valence-corrected chi connectivity index (χ2v) is 4.51. The van der Waals surface area contributed by atoms with E-state index in [0.717, 1.165) is 0 Å². The highest BCUT2D eigenvalue weighted by atomic mass is 35.5. The van der Waals surface area contributed by atoms with Crippen molar-refractivity contribution in [1.82, 2.24) is 0 Å². The molecular weight excluding hydrogens is 278 g/mol. The van der Waals surface area contributed by atoms with Crippen LogP contribution >= 0.6 is 11.6 Å². The van der Waals surface area contributed by atoms with Crippen molar-refractivity contribution >= 4 is 23.2 Å². The van der Waals surface area contributed by atoms with E-state index in [1.165, 1.54) is 12.1 Å². The van der Waals surface area contributed by atoms with Crippen LogP contribution in [-0.4, -0.2) is 17.6 Å². The van der Waals surface area contributed by atoms with E-state index >= 15 is 0 Å². The second kappa shape index (κ2) is 6.30. The molecule has 2 rings (SSSR count). The van der Waals surface area contributed by atoms with Gasteiger partial charge in [0, 0.05) is 10.6 Å². The second-order valence-electron chi connectivity index (χ2n) is 4.07. The SMILES string of the molecule is CCOc1ccc(C(=O)Nc2cc(Cl)ccc2O)cc1. The molecule has 0 saturated carbocycles. The van der Waals surface area contributed by atoms with Gasteiger partial charge in [0.2, 0.25) is 0 Å². The minimum Gasteiger partial charge on any atom is -0.506 e. The molecule has 0 spiro atoms. The van der Waals surface area contributed by atoms with Crippen molar-refractivity contribution in [1.29, 1.82) is 0 Å². The van der Waals surface area contributed by atoms with E-state index in [9.17, 15) is 9.90 Å². The Hall–Kier alpha value is -2.20. The third-order valence-corrected chi connectivity index (χ3v) is 2.87. The van der Waals surface area contributed by atoms with Crippen molar-refractivity contribution in [3.8, 4) is 11.5 Å². The number of halogens is 1. The van der Waals surface area contributed by atoms with Gasteiger partial charge < -0.3 is 15.2 Å². The number of carbonyl (C=O) groups is 1. The summed E-state index contributed by atoms with van der Waals surface area (Å²) in [6, 6.07) is 11.2. The van der Waals surface area contributed by atoms with Gasteiger partial charge in [0.05, 0.1) is 12.3 Å². The fraction of sp³-hybridized carbons (Fsp3) is 0.133. The Kier molecular flexibility index (Phi) is 4.48. The highest BCUT2D eigenvalue weighted by molar-refractivity contribution is 6.31. The molecule has 0 heterocycles. The molecule has 0 bridgehead atoms. The summed E-state index contributed by atoms with van der Waals surface area (Å²) in [5.74, 6) is 0.342. The molecule has 0 saturated heterocycles. The molecule has 104 valence electrons. The fourth-order valence-corrected chi connectivity index (χ4v) is 1.84. The standard InChI is InChI=1S/C15H14ClNO3/c1-2-20-12-6-3-10(4-7-12)15(19)17-13-9-11(16)5-8-14(13)18/h3-9,18H,2H2,1H3,(H,17,19). The first-order valence-corrected chi connectivity index (χ1v) is 6.50. The van der Waals surface area contributed by atoms with Crippen LogP contribution in [0.2, 0.25) is 5.02 Å². The summed E-state index contributed by atoms with van der Waals surface area (Å²) >= 11 is 5.82. The van der Waals surface area contributed by atoms with Crippen LogP contribution in [0.15, 0.2) is 42.5 Å². The lowest BCUT2D eigenvalue weighted by Gasteiger charge is -2.08. The van der Waals surface area contributed by atoms with Gasteiger partial charge in [-0.25, -0.2) is 0 Å². The average molecular weight is 292 g/mol. The summed E-state index contributed by atoms with van der Waals surface area (Å²) in [5, 5.41) is 12.7. The van der Waals surface area contributed by atoms with Gasteiger partial charge in [-0.05, 0) is 49.4 Å². The number of nitrogens with one attached hydrogen (secondary N) is 1. The summed E-state index contributed by atoms with van der Waals surface area (Å²) < 4.78 is 5.30.